The molecule has 0 aromatic heterocycles. The molecular formula is C14H28O6. The van der Waals surface area contributed by atoms with Gasteiger partial charge in [-0.25, -0.2) is 0 Å². The zero-order valence-corrected chi connectivity index (χ0v) is 12.9. The van der Waals surface area contributed by atoms with Crippen LogP contribution in [0.5, 0.6) is 0 Å². The summed E-state index contributed by atoms with van der Waals surface area (Å²) >= 11 is 0. The van der Waals surface area contributed by atoms with Crippen molar-refractivity contribution < 1.29 is 29.2 Å². The molecule has 2 atom stereocenters. The second-order valence-corrected chi connectivity index (χ2v) is 5.37. The SMILES string of the molecule is CC(C)(O)O.COC1CCCCO1.C[C@@H]1CCC(=O)O1. The highest BCUT2D eigenvalue weighted by molar-refractivity contribution is 5.71. The molecule has 20 heavy (non-hydrogen) atoms. The van der Waals surface area contributed by atoms with Gasteiger partial charge in [-0.05, 0) is 46.5 Å². The molecule has 0 aromatic carbocycles. The Kier molecular flexibility index (Phi) is 9.75. The zero-order valence-electron chi connectivity index (χ0n) is 12.9. The van der Waals surface area contributed by atoms with Gasteiger partial charge in [0.1, 0.15) is 0 Å². The fourth-order valence-corrected chi connectivity index (χ4v) is 1.56. The molecular weight excluding hydrogens is 264 g/mol. The molecule has 0 saturated carbocycles. The van der Waals surface area contributed by atoms with E-state index in [2.05, 4.69) is 0 Å². The molecule has 2 saturated heterocycles. The Hall–Kier alpha value is -0.690. The van der Waals surface area contributed by atoms with Crippen molar-refractivity contribution in [1.82, 2.24) is 0 Å². The molecule has 120 valence electrons. The Morgan fingerprint density at radius 1 is 1.25 bits per heavy atom. The summed E-state index contributed by atoms with van der Waals surface area (Å²) in [7, 11) is 1.69. The van der Waals surface area contributed by atoms with Crippen LogP contribution < -0.4 is 0 Å². The molecule has 6 nitrogen and oxygen atoms in total. The van der Waals surface area contributed by atoms with Gasteiger partial charge in [-0.3, -0.25) is 4.79 Å². The minimum Gasteiger partial charge on any atom is -0.463 e. The van der Waals surface area contributed by atoms with Gasteiger partial charge in [0.05, 0.1) is 6.10 Å². The third-order valence-electron chi connectivity index (χ3n) is 2.49. The van der Waals surface area contributed by atoms with E-state index in [0.717, 1.165) is 19.4 Å². The summed E-state index contributed by atoms with van der Waals surface area (Å²) in [6.45, 7) is 5.38. The molecule has 2 N–H and O–H groups in total. The molecule has 0 aromatic rings. The van der Waals surface area contributed by atoms with Crippen molar-refractivity contribution >= 4 is 5.97 Å². The lowest BCUT2D eigenvalue weighted by molar-refractivity contribution is -0.145. The summed E-state index contributed by atoms with van der Waals surface area (Å²) in [6.07, 6.45) is 5.28. The minimum absolute atomic E-state index is 0.0486. The highest BCUT2D eigenvalue weighted by Crippen LogP contribution is 2.12. The highest BCUT2D eigenvalue weighted by atomic mass is 16.7. The van der Waals surface area contributed by atoms with E-state index in [4.69, 9.17) is 24.4 Å². The summed E-state index contributed by atoms with van der Waals surface area (Å²) in [5, 5.41) is 16.2. The summed E-state index contributed by atoms with van der Waals surface area (Å²) in [6, 6.07) is 0. The Labute approximate surface area is 121 Å². The van der Waals surface area contributed by atoms with Crippen LogP contribution in [0.2, 0.25) is 0 Å². The van der Waals surface area contributed by atoms with E-state index in [9.17, 15) is 4.79 Å². The van der Waals surface area contributed by atoms with Crippen LogP contribution in [0.15, 0.2) is 0 Å². The van der Waals surface area contributed by atoms with Gasteiger partial charge in [-0.1, -0.05) is 0 Å². The van der Waals surface area contributed by atoms with Crippen LogP contribution >= 0.6 is 0 Å². The van der Waals surface area contributed by atoms with Crippen LogP contribution in [0.25, 0.3) is 0 Å². The monoisotopic (exact) mass is 292 g/mol. The van der Waals surface area contributed by atoms with Crippen LogP contribution in [-0.2, 0) is 19.0 Å². The Morgan fingerprint density at radius 2 is 1.85 bits per heavy atom. The second-order valence-electron chi connectivity index (χ2n) is 5.37. The van der Waals surface area contributed by atoms with Crippen molar-refractivity contribution in [2.75, 3.05) is 13.7 Å². The molecule has 2 aliphatic rings. The number of rotatable bonds is 1. The summed E-state index contributed by atoms with van der Waals surface area (Å²) in [5.41, 5.74) is 0. The van der Waals surface area contributed by atoms with Crippen LogP contribution in [-0.4, -0.2) is 48.1 Å². The minimum atomic E-state index is -1.50. The van der Waals surface area contributed by atoms with E-state index >= 15 is 0 Å². The van der Waals surface area contributed by atoms with Crippen molar-refractivity contribution in [3.05, 3.63) is 0 Å². The Morgan fingerprint density at radius 3 is 2.05 bits per heavy atom. The lowest BCUT2D eigenvalue weighted by Gasteiger charge is -2.20. The number of methoxy groups -OCH3 is 1. The smallest absolute Gasteiger partial charge is 0.306 e. The van der Waals surface area contributed by atoms with Gasteiger partial charge in [0, 0.05) is 20.1 Å². The van der Waals surface area contributed by atoms with Crippen molar-refractivity contribution in [2.24, 2.45) is 0 Å². The van der Waals surface area contributed by atoms with Crippen molar-refractivity contribution in [3.8, 4) is 0 Å². The average molecular weight is 292 g/mol. The topological polar surface area (TPSA) is 85.2 Å². The number of carbonyl (C=O) groups excluding carboxylic acids is 1. The molecule has 2 heterocycles. The number of ether oxygens (including phenoxy) is 3. The summed E-state index contributed by atoms with van der Waals surface area (Å²) < 4.78 is 14.9. The predicted octanol–water partition coefficient (Wildman–Crippen LogP) is 1.58. The van der Waals surface area contributed by atoms with Gasteiger partial charge in [0.2, 0.25) is 0 Å². The molecule has 1 unspecified atom stereocenters. The first-order valence-electron chi connectivity index (χ1n) is 7.01. The van der Waals surface area contributed by atoms with Gasteiger partial charge < -0.3 is 24.4 Å². The van der Waals surface area contributed by atoms with E-state index in [0.29, 0.717) is 6.42 Å². The molecule has 0 aliphatic carbocycles. The molecule has 0 bridgehead atoms. The van der Waals surface area contributed by atoms with Gasteiger partial charge in [-0.2, -0.15) is 0 Å². The number of carbonyl (C=O) groups is 1. The maximum Gasteiger partial charge on any atom is 0.306 e. The molecule has 2 aliphatic heterocycles. The summed E-state index contributed by atoms with van der Waals surface area (Å²) in [4.78, 5) is 10.2. The Bertz CT molecular complexity index is 249. The predicted molar refractivity (Wildman–Crippen MR) is 73.9 cm³/mol. The van der Waals surface area contributed by atoms with Crippen molar-refractivity contribution in [2.45, 2.75) is 71.1 Å². The number of esters is 1. The van der Waals surface area contributed by atoms with E-state index in [-0.39, 0.29) is 18.4 Å². The molecule has 6 heteroatoms. The lowest BCUT2D eigenvalue weighted by Crippen LogP contribution is -2.20. The van der Waals surface area contributed by atoms with Gasteiger partial charge in [-0.15, -0.1) is 0 Å². The number of hydrogen-bond donors (Lipinski definition) is 2. The van der Waals surface area contributed by atoms with Gasteiger partial charge >= 0.3 is 5.97 Å². The van der Waals surface area contributed by atoms with E-state index in [1.807, 2.05) is 6.92 Å². The van der Waals surface area contributed by atoms with E-state index < -0.39 is 5.79 Å². The largest absolute Gasteiger partial charge is 0.463 e. The second kappa shape index (κ2) is 10.1. The summed E-state index contributed by atoms with van der Waals surface area (Å²) in [5.74, 6) is -1.55. The average Bonchev–Trinajstić information content (AvgIpc) is 2.73. The third kappa shape index (κ3) is 13.7. The molecule has 0 amide bonds. The van der Waals surface area contributed by atoms with E-state index in [1.165, 1.54) is 26.7 Å². The van der Waals surface area contributed by atoms with E-state index in [1.54, 1.807) is 7.11 Å². The molecule has 0 radical (unpaired) electrons. The maximum atomic E-state index is 10.2. The fourth-order valence-electron chi connectivity index (χ4n) is 1.56. The highest BCUT2D eigenvalue weighted by Gasteiger charge is 2.17. The van der Waals surface area contributed by atoms with Crippen LogP contribution in [0.4, 0.5) is 0 Å². The maximum absolute atomic E-state index is 10.2. The zero-order chi connectivity index (χ0) is 15.6. The van der Waals surface area contributed by atoms with Crippen LogP contribution in [0.3, 0.4) is 0 Å². The number of hydrogen-bond acceptors (Lipinski definition) is 6. The lowest BCUT2D eigenvalue weighted by atomic mass is 10.2. The van der Waals surface area contributed by atoms with Crippen LogP contribution in [0.1, 0.15) is 52.9 Å². The molecule has 0 spiro atoms. The first-order valence-corrected chi connectivity index (χ1v) is 7.01. The van der Waals surface area contributed by atoms with Crippen molar-refractivity contribution in [1.29, 1.82) is 0 Å². The first-order chi connectivity index (χ1) is 9.22. The van der Waals surface area contributed by atoms with Crippen LogP contribution in [0, 0.1) is 0 Å². The standard InChI is InChI=1S/C6H12O2.C5H8O2.C3H8O2/c1-7-6-4-2-3-5-8-6;1-4-2-3-5(6)7-4;1-3(2,4)5/h6H,2-5H2,1H3;4H,2-3H2,1H3;4-5H,1-2H3/t;4-;/m.1./s1. The number of cyclic esters (lactones) is 1. The normalized spacial score (nSPS) is 25.8. The fraction of sp³-hybridized carbons (Fsp3) is 0.929. The molecule has 2 rings (SSSR count). The van der Waals surface area contributed by atoms with Crippen molar-refractivity contribution in [3.63, 3.8) is 0 Å². The Balaban J connectivity index is 0.000000280. The third-order valence-corrected chi connectivity index (χ3v) is 2.49. The first kappa shape index (κ1) is 19.3. The van der Waals surface area contributed by atoms with Gasteiger partial charge in [0.25, 0.3) is 0 Å². The quantitative estimate of drug-likeness (QED) is 0.564. The van der Waals surface area contributed by atoms with Gasteiger partial charge in [0.15, 0.2) is 12.1 Å². The number of aliphatic hydroxyl groups is 2. The molecule has 2 fully saturated rings.